The van der Waals surface area contributed by atoms with Gasteiger partial charge in [-0.05, 0) is 25.4 Å². The second kappa shape index (κ2) is 11.2. The number of hydrogen-bond acceptors (Lipinski definition) is 2. The van der Waals surface area contributed by atoms with Gasteiger partial charge in [-0.1, -0.05) is 13.8 Å². The number of rotatable bonds is 3. The lowest BCUT2D eigenvalue weighted by molar-refractivity contribution is 0.722. The molecule has 0 aliphatic heterocycles. The SMILES string of the molecule is CC.CSCCC(C)N. The van der Waals surface area contributed by atoms with Crippen LogP contribution in [-0.2, 0) is 0 Å². The normalized spacial score (nSPS) is 11.7. The molecular weight excluding hydrogens is 130 g/mol. The highest BCUT2D eigenvalue weighted by Gasteiger charge is 1.89. The standard InChI is InChI=1S/C5H13NS.C2H6/c1-5(6)3-4-7-2;1-2/h5H,3-4,6H2,1-2H3;1-2H3. The van der Waals surface area contributed by atoms with Gasteiger partial charge in [-0.15, -0.1) is 0 Å². The number of hydrogen-bond donors (Lipinski definition) is 1. The van der Waals surface area contributed by atoms with Crippen LogP contribution in [0.1, 0.15) is 27.2 Å². The molecule has 0 aromatic rings. The Labute approximate surface area is 63.4 Å². The van der Waals surface area contributed by atoms with E-state index in [-0.39, 0.29) is 0 Å². The van der Waals surface area contributed by atoms with E-state index in [1.165, 1.54) is 5.75 Å². The minimum atomic E-state index is 0.382. The summed E-state index contributed by atoms with van der Waals surface area (Å²) >= 11 is 1.85. The molecule has 2 heteroatoms. The summed E-state index contributed by atoms with van der Waals surface area (Å²) in [6, 6.07) is 0.382. The molecule has 0 heterocycles. The predicted octanol–water partition coefficient (Wildman–Crippen LogP) is 2.11. The van der Waals surface area contributed by atoms with Crippen LogP contribution >= 0.6 is 11.8 Å². The van der Waals surface area contributed by atoms with Gasteiger partial charge in [0.05, 0.1) is 0 Å². The number of thioether (sulfide) groups is 1. The Hall–Kier alpha value is 0.310. The van der Waals surface area contributed by atoms with E-state index < -0.39 is 0 Å². The van der Waals surface area contributed by atoms with Crippen molar-refractivity contribution in [3.05, 3.63) is 0 Å². The van der Waals surface area contributed by atoms with Crippen molar-refractivity contribution in [1.82, 2.24) is 0 Å². The van der Waals surface area contributed by atoms with Gasteiger partial charge in [0.2, 0.25) is 0 Å². The van der Waals surface area contributed by atoms with Gasteiger partial charge in [0.25, 0.3) is 0 Å². The first-order chi connectivity index (χ1) is 4.27. The van der Waals surface area contributed by atoms with Crippen LogP contribution in [0.4, 0.5) is 0 Å². The molecule has 0 aromatic heterocycles. The Balaban J connectivity index is 0. The van der Waals surface area contributed by atoms with Crippen molar-refractivity contribution in [3.8, 4) is 0 Å². The van der Waals surface area contributed by atoms with E-state index in [9.17, 15) is 0 Å². The third-order valence-corrected chi connectivity index (χ3v) is 1.42. The molecule has 0 amide bonds. The lowest BCUT2D eigenvalue weighted by atomic mass is 10.3. The molecule has 9 heavy (non-hydrogen) atoms. The maximum Gasteiger partial charge on any atom is 0.00183 e. The van der Waals surface area contributed by atoms with E-state index in [0.717, 1.165) is 6.42 Å². The van der Waals surface area contributed by atoms with Crippen molar-refractivity contribution >= 4 is 11.8 Å². The van der Waals surface area contributed by atoms with Crippen LogP contribution in [0.15, 0.2) is 0 Å². The Bertz CT molecular complexity index is 37.9. The largest absolute Gasteiger partial charge is 0.328 e. The first kappa shape index (κ1) is 12.0. The molecule has 2 N–H and O–H groups in total. The molecule has 0 aliphatic rings. The summed E-state index contributed by atoms with van der Waals surface area (Å²) in [5, 5.41) is 0. The van der Waals surface area contributed by atoms with E-state index >= 15 is 0 Å². The van der Waals surface area contributed by atoms with E-state index in [1.807, 2.05) is 32.5 Å². The fraction of sp³-hybridized carbons (Fsp3) is 1.00. The van der Waals surface area contributed by atoms with Gasteiger partial charge in [-0.3, -0.25) is 0 Å². The zero-order chi connectivity index (χ0) is 7.70. The van der Waals surface area contributed by atoms with Gasteiger partial charge in [0.1, 0.15) is 0 Å². The van der Waals surface area contributed by atoms with Gasteiger partial charge in [-0.2, -0.15) is 11.8 Å². The van der Waals surface area contributed by atoms with Crippen LogP contribution in [0.5, 0.6) is 0 Å². The summed E-state index contributed by atoms with van der Waals surface area (Å²) in [5.74, 6) is 1.19. The topological polar surface area (TPSA) is 26.0 Å². The van der Waals surface area contributed by atoms with Crippen LogP contribution < -0.4 is 5.73 Å². The average molecular weight is 149 g/mol. The Morgan fingerprint density at radius 3 is 2.00 bits per heavy atom. The van der Waals surface area contributed by atoms with Crippen LogP contribution in [0, 0.1) is 0 Å². The molecule has 0 fully saturated rings. The minimum absolute atomic E-state index is 0.382. The van der Waals surface area contributed by atoms with Crippen LogP contribution in [0.25, 0.3) is 0 Å². The molecule has 1 nitrogen and oxygen atoms in total. The zero-order valence-electron chi connectivity index (χ0n) is 6.98. The van der Waals surface area contributed by atoms with Crippen LogP contribution in [0.2, 0.25) is 0 Å². The van der Waals surface area contributed by atoms with Gasteiger partial charge >= 0.3 is 0 Å². The van der Waals surface area contributed by atoms with E-state index in [0.29, 0.717) is 6.04 Å². The molecule has 1 atom stereocenters. The van der Waals surface area contributed by atoms with Crippen molar-refractivity contribution in [2.24, 2.45) is 5.73 Å². The van der Waals surface area contributed by atoms with Gasteiger partial charge in [0, 0.05) is 6.04 Å². The van der Waals surface area contributed by atoms with Gasteiger partial charge in [0.15, 0.2) is 0 Å². The molecule has 0 radical (unpaired) electrons. The second-order valence-corrected chi connectivity index (χ2v) is 2.74. The minimum Gasteiger partial charge on any atom is -0.328 e. The first-order valence-electron chi connectivity index (χ1n) is 3.52. The predicted molar refractivity (Wildman–Crippen MR) is 48.0 cm³/mol. The lowest BCUT2D eigenvalue weighted by Gasteiger charge is -1.99. The monoisotopic (exact) mass is 149 g/mol. The number of nitrogens with two attached hydrogens (primary N) is 1. The fourth-order valence-corrected chi connectivity index (χ4v) is 0.911. The second-order valence-electron chi connectivity index (χ2n) is 1.76. The molecule has 58 valence electrons. The fourth-order valence-electron chi connectivity index (χ4n) is 0.304. The summed E-state index contributed by atoms with van der Waals surface area (Å²) in [4.78, 5) is 0. The van der Waals surface area contributed by atoms with Crippen molar-refractivity contribution in [2.45, 2.75) is 33.2 Å². The highest BCUT2D eigenvalue weighted by atomic mass is 32.2. The molecule has 0 bridgehead atoms. The van der Waals surface area contributed by atoms with Crippen molar-refractivity contribution < 1.29 is 0 Å². The summed E-state index contributed by atoms with van der Waals surface area (Å²) in [7, 11) is 0. The lowest BCUT2D eigenvalue weighted by Crippen LogP contribution is -2.14. The van der Waals surface area contributed by atoms with Crippen LogP contribution in [0.3, 0.4) is 0 Å². The highest BCUT2D eigenvalue weighted by molar-refractivity contribution is 7.98. The van der Waals surface area contributed by atoms with Crippen molar-refractivity contribution in [3.63, 3.8) is 0 Å². The van der Waals surface area contributed by atoms with Crippen molar-refractivity contribution in [2.75, 3.05) is 12.0 Å². The Kier molecular flexibility index (Phi) is 14.9. The Morgan fingerprint density at radius 1 is 1.44 bits per heavy atom. The molecule has 0 spiro atoms. The average Bonchev–Trinajstić information content (AvgIpc) is 1.88. The Morgan fingerprint density at radius 2 is 1.89 bits per heavy atom. The molecular formula is C7H19NS. The summed E-state index contributed by atoms with van der Waals surface area (Å²) < 4.78 is 0. The maximum absolute atomic E-state index is 5.47. The van der Waals surface area contributed by atoms with Crippen molar-refractivity contribution in [1.29, 1.82) is 0 Å². The summed E-state index contributed by atoms with van der Waals surface area (Å²) in [6.45, 7) is 6.04. The van der Waals surface area contributed by atoms with Gasteiger partial charge in [-0.25, -0.2) is 0 Å². The molecule has 0 rings (SSSR count). The van der Waals surface area contributed by atoms with Crippen LogP contribution in [-0.4, -0.2) is 18.1 Å². The third-order valence-electron chi connectivity index (χ3n) is 0.777. The maximum atomic E-state index is 5.47. The molecule has 1 unspecified atom stereocenters. The van der Waals surface area contributed by atoms with E-state index in [4.69, 9.17) is 5.73 Å². The highest BCUT2D eigenvalue weighted by Crippen LogP contribution is 1.96. The van der Waals surface area contributed by atoms with E-state index in [1.54, 1.807) is 0 Å². The zero-order valence-corrected chi connectivity index (χ0v) is 7.79. The van der Waals surface area contributed by atoms with Gasteiger partial charge < -0.3 is 5.73 Å². The molecule has 0 saturated carbocycles. The first-order valence-corrected chi connectivity index (χ1v) is 4.91. The third kappa shape index (κ3) is 17.8. The van der Waals surface area contributed by atoms with E-state index in [2.05, 4.69) is 6.26 Å². The quantitative estimate of drug-likeness (QED) is 0.665. The molecule has 0 aromatic carbocycles. The molecule has 0 saturated heterocycles. The summed E-state index contributed by atoms with van der Waals surface area (Å²) in [6.07, 6.45) is 3.24. The smallest absolute Gasteiger partial charge is 0.00183 e. The summed E-state index contributed by atoms with van der Waals surface area (Å²) in [5.41, 5.74) is 5.47. The molecule has 0 aliphatic carbocycles.